The Labute approximate surface area is 159 Å². The highest BCUT2D eigenvalue weighted by Crippen LogP contribution is 2.30. The Morgan fingerprint density at radius 1 is 1.07 bits per heavy atom. The maximum Gasteiger partial charge on any atom is 0.344 e. The number of halogens is 1. The van der Waals surface area contributed by atoms with Crippen LogP contribution in [-0.4, -0.2) is 25.8 Å². The molecule has 27 heavy (non-hydrogen) atoms. The Hall–Kier alpha value is -3.45. The minimum Gasteiger partial charge on any atom is -0.383 e. The van der Waals surface area contributed by atoms with Crippen LogP contribution in [0.1, 0.15) is 5.56 Å². The maximum atomic E-state index is 12.7. The number of nitrogens with zero attached hydrogens (tertiary/aromatic N) is 4. The summed E-state index contributed by atoms with van der Waals surface area (Å²) in [6.07, 6.45) is 1.31. The molecule has 0 spiro atoms. The maximum absolute atomic E-state index is 12.7. The fourth-order valence-electron chi connectivity index (χ4n) is 2.77. The average molecular weight is 379 g/mol. The lowest BCUT2D eigenvalue weighted by molar-refractivity contribution is 0.240. The zero-order valence-electron chi connectivity index (χ0n) is 14.1. The van der Waals surface area contributed by atoms with Crippen molar-refractivity contribution >= 4 is 34.5 Å². The molecule has 0 radical (unpaired) electrons. The number of carbonyl (C=O) groups is 1. The molecule has 0 saturated carbocycles. The van der Waals surface area contributed by atoms with E-state index in [9.17, 15) is 4.79 Å². The largest absolute Gasteiger partial charge is 0.383 e. The summed E-state index contributed by atoms with van der Waals surface area (Å²) in [4.78, 5) is 20.9. The summed E-state index contributed by atoms with van der Waals surface area (Å²) in [5.74, 6) is 0.257. The molecule has 0 atom stereocenters. The molecule has 2 heterocycles. The number of nitrogen functional groups attached to an aromatic ring is 1. The van der Waals surface area contributed by atoms with E-state index in [0.29, 0.717) is 28.3 Å². The number of carbonyl (C=O) groups excluding carboxylic acids is 1. The van der Waals surface area contributed by atoms with E-state index < -0.39 is 6.03 Å². The van der Waals surface area contributed by atoms with Gasteiger partial charge in [0.05, 0.1) is 5.39 Å². The zero-order valence-corrected chi connectivity index (χ0v) is 14.9. The number of nitrogens with one attached hydrogen (secondary N) is 1. The van der Waals surface area contributed by atoms with Crippen molar-refractivity contribution in [3.8, 4) is 11.3 Å². The van der Waals surface area contributed by atoms with Crippen LogP contribution in [0.2, 0.25) is 5.02 Å². The zero-order chi connectivity index (χ0) is 18.8. The van der Waals surface area contributed by atoms with Gasteiger partial charge in [-0.15, -0.1) is 0 Å². The molecule has 0 unspecified atom stereocenters. The third-order valence-electron chi connectivity index (χ3n) is 4.09. The van der Waals surface area contributed by atoms with Gasteiger partial charge in [-0.3, -0.25) is 0 Å². The molecule has 2 aromatic carbocycles. The van der Waals surface area contributed by atoms with Crippen molar-refractivity contribution in [3.63, 3.8) is 0 Å². The van der Waals surface area contributed by atoms with Crippen LogP contribution in [0.3, 0.4) is 0 Å². The fourth-order valence-corrected chi connectivity index (χ4v) is 2.90. The Kier molecular flexibility index (Phi) is 4.43. The second kappa shape index (κ2) is 7.05. The summed E-state index contributed by atoms with van der Waals surface area (Å²) in [5.41, 5.74) is 8.65. The van der Waals surface area contributed by atoms with E-state index in [1.807, 2.05) is 42.5 Å². The van der Waals surface area contributed by atoms with E-state index >= 15 is 0 Å². The first-order chi connectivity index (χ1) is 13.1. The monoisotopic (exact) mass is 378 g/mol. The number of hydrogen-bond donors (Lipinski definition) is 2. The normalized spacial score (nSPS) is 10.9. The van der Waals surface area contributed by atoms with Crippen LogP contribution < -0.4 is 11.1 Å². The number of hydrogen-bond acceptors (Lipinski definition) is 5. The second-order valence-corrected chi connectivity index (χ2v) is 6.31. The van der Waals surface area contributed by atoms with Gasteiger partial charge in [0.25, 0.3) is 0 Å². The number of anilines is 1. The molecule has 0 saturated heterocycles. The van der Waals surface area contributed by atoms with Crippen LogP contribution in [0.15, 0.2) is 60.9 Å². The lowest BCUT2D eigenvalue weighted by Gasteiger charge is -2.05. The van der Waals surface area contributed by atoms with E-state index in [1.165, 1.54) is 11.0 Å². The number of aromatic nitrogens is 4. The summed E-state index contributed by atoms with van der Waals surface area (Å²) in [7, 11) is 0. The number of nitrogens with two attached hydrogens (primary N) is 1. The van der Waals surface area contributed by atoms with E-state index in [0.717, 1.165) is 11.1 Å². The summed E-state index contributed by atoms with van der Waals surface area (Å²) in [5, 5.41) is 8.41. The molecule has 8 heteroatoms. The van der Waals surface area contributed by atoms with Crippen molar-refractivity contribution in [3.05, 3.63) is 71.5 Å². The van der Waals surface area contributed by atoms with Gasteiger partial charge in [0.15, 0.2) is 5.65 Å². The third kappa shape index (κ3) is 3.32. The van der Waals surface area contributed by atoms with Crippen molar-refractivity contribution in [2.45, 2.75) is 6.54 Å². The molecule has 4 rings (SSSR count). The molecule has 134 valence electrons. The van der Waals surface area contributed by atoms with Crippen molar-refractivity contribution in [1.82, 2.24) is 25.1 Å². The topological polar surface area (TPSA) is 98.7 Å². The fraction of sp³-hybridized carbons (Fsp3) is 0.0526. The minimum absolute atomic E-state index is 0.257. The summed E-state index contributed by atoms with van der Waals surface area (Å²) >= 11 is 5.96. The molecule has 0 aliphatic carbocycles. The van der Waals surface area contributed by atoms with Crippen LogP contribution >= 0.6 is 11.6 Å². The van der Waals surface area contributed by atoms with Gasteiger partial charge in [-0.1, -0.05) is 54.1 Å². The van der Waals surface area contributed by atoms with E-state index in [2.05, 4.69) is 20.4 Å². The predicted octanol–water partition coefficient (Wildman–Crippen LogP) is 3.49. The Morgan fingerprint density at radius 2 is 1.81 bits per heavy atom. The van der Waals surface area contributed by atoms with Gasteiger partial charge in [0.1, 0.15) is 17.8 Å². The molecule has 4 aromatic rings. The number of amides is 1. The highest BCUT2D eigenvalue weighted by Gasteiger charge is 2.20. The summed E-state index contributed by atoms with van der Waals surface area (Å²) in [6, 6.07) is 16.3. The van der Waals surface area contributed by atoms with Crippen molar-refractivity contribution in [2.24, 2.45) is 0 Å². The van der Waals surface area contributed by atoms with E-state index in [-0.39, 0.29) is 5.82 Å². The van der Waals surface area contributed by atoms with Crippen LogP contribution in [0.4, 0.5) is 10.6 Å². The second-order valence-electron chi connectivity index (χ2n) is 5.87. The SMILES string of the molecule is Nc1ncnc2c1c(-c1ccc(Cl)cc1)nn2C(=O)NCc1ccccc1. The van der Waals surface area contributed by atoms with Crippen LogP contribution in [0.25, 0.3) is 22.3 Å². The van der Waals surface area contributed by atoms with Gasteiger partial charge in [-0.25, -0.2) is 14.8 Å². The molecule has 0 fully saturated rings. The Balaban J connectivity index is 1.74. The van der Waals surface area contributed by atoms with Gasteiger partial charge < -0.3 is 11.1 Å². The number of rotatable bonds is 3. The van der Waals surface area contributed by atoms with Crippen molar-refractivity contribution in [1.29, 1.82) is 0 Å². The highest BCUT2D eigenvalue weighted by molar-refractivity contribution is 6.30. The first-order valence-corrected chi connectivity index (χ1v) is 8.58. The first-order valence-electron chi connectivity index (χ1n) is 8.21. The Bertz CT molecular complexity index is 1110. The van der Waals surface area contributed by atoms with Gasteiger partial charge in [-0.05, 0) is 17.7 Å². The standard InChI is InChI=1S/C19H15ClN6O/c20-14-8-6-13(7-9-14)16-15-17(21)23-11-24-18(15)26(25-16)19(27)22-10-12-4-2-1-3-5-12/h1-9,11H,10H2,(H,22,27)(H2,21,23,24). The average Bonchev–Trinajstić information content (AvgIpc) is 3.09. The molecule has 0 aliphatic heterocycles. The molecule has 1 amide bonds. The number of fused-ring (bicyclic) bond motifs is 1. The highest BCUT2D eigenvalue weighted by atomic mass is 35.5. The van der Waals surface area contributed by atoms with Crippen LogP contribution in [0, 0.1) is 0 Å². The third-order valence-corrected chi connectivity index (χ3v) is 4.34. The first kappa shape index (κ1) is 17.0. The molecule has 3 N–H and O–H groups in total. The Morgan fingerprint density at radius 3 is 2.56 bits per heavy atom. The summed E-state index contributed by atoms with van der Waals surface area (Å²) in [6.45, 7) is 0.373. The lowest BCUT2D eigenvalue weighted by atomic mass is 10.1. The number of benzene rings is 2. The minimum atomic E-state index is -0.401. The molecule has 7 nitrogen and oxygen atoms in total. The molecular formula is C19H15ClN6O. The smallest absolute Gasteiger partial charge is 0.344 e. The van der Waals surface area contributed by atoms with Crippen LogP contribution in [0.5, 0.6) is 0 Å². The van der Waals surface area contributed by atoms with Gasteiger partial charge in [0, 0.05) is 17.1 Å². The van der Waals surface area contributed by atoms with Crippen molar-refractivity contribution < 1.29 is 4.79 Å². The van der Waals surface area contributed by atoms with Gasteiger partial charge >= 0.3 is 6.03 Å². The quantitative estimate of drug-likeness (QED) is 0.568. The van der Waals surface area contributed by atoms with Gasteiger partial charge in [-0.2, -0.15) is 9.78 Å². The van der Waals surface area contributed by atoms with Crippen molar-refractivity contribution in [2.75, 3.05) is 5.73 Å². The molecule has 0 aliphatic rings. The molecular weight excluding hydrogens is 364 g/mol. The van der Waals surface area contributed by atoms with Gasteiger partial charge in [0.2, 0.25) is 0 Å². The lowest BCUT2D eigenvalue weighted by Crippen LogP contribution is -2.29. The van der Waals surface area contributed by atoms with E-state index in [1.54, 1.807) is 12.1 Å². The van der Waals surface area contributed by atoms with Crippen LogP contribution in [-0.2, 0) is 6.54 Å². The molecule has 0 bridgehead atoms. The molecule has 2 aromatic heterocycles. The summed E-state index contributed by atoms with van der Waals surface area (Å²) < 4.78 is 1.21. The predicted molar refractivity (Wildman–Crippen MR) is 104 cm³/mol. The van der Waals surface area contributed by atoms with E-state index in [4.69, 9.17) is 17.3 Å².